The third kappa shape index (κ3) is 3.43. The van der Waals surface area contributed by atoms with Gasteiger partial charge in [0.15, 0.2) is 5.78 Å². The summed E-state index contributed by atoms with van der Waals surface area (Å²) >= 11 is 0. The Balaban J connectivity index is 1.81. The van der Waals surface area contributed by atoms with Gasteiger partial charge < -0.3 is 4.74 Å². The van der Waals surface area contributed by atoms with Crippen LogP contribution in [0.5, 0.6) is 5.75 Å². The van der Waals surface area contributed by atoms with E-state index in [0.717, 1.165) is 41.1 Å². The lowest BCUT2D eigenvalue weighted by atomic mass is 9.85. The zero-order valence-corrected chi connectivity index (χ0v) is 17.1. The fourth-order valence-corrected chi connectivity index (χ4v) is 4.25. The summed E-state index contributed by atoms with van der Waals surface area (Å²) in [6.45, 7) is 3.41. The minimum absolute atomic E-state index is 0.0354. The maximum absolute atomic E-state index is 11.7. The van der Waals surface area contributed by atoms with Gasteiger partial charge in [-0.25, -0.2) is 0 Å². The van der Waals surface area contributed by atoms with Crippen molar-refractivity contribution < 1.29 is 14.5 Å². The van der Waals surface area contributed by atoms with E-state index in [4.69, 9.17) is 4.74 Å². The van der Waals surface area contributed by atoms with E-state index in [1.54, 1.807) is 25.3 Å². The lowest BCUT2D eigenvalue weighted by molar-refractivity contribution is -0.384. The van der Waals surface area contributed by atoms with Crippen molar-refractivity contribution in [3.05, 3.63) is 86.6 Å². The van der Waals surface area contributed by atoms with Gasteiger partial charge in [-0.2, -0.15) is 0 Å². The highest BCUT2D eigenvalue weighted by molar-refractivity contribution is 5.88. The molecule has 2 aromatic rings. The number of hydrogen-bond acceptors (Lipinski definition) is 6. The van der Waals surface area contributed by atoms with Crippen LogP contribution in [0.1, 0.15) is 43.0 Å². The summed E-state index contributed by atoms with van der Waals surface area (Å²) in [5.41, 5.74) is 9.83. The zero-order valence-electron chi connectivity index (χ0n) is 17.1. The third-order valence-electron chi connectivity index (χ3n) is 5.60. The molecule has 0 amide bonds. The highest BCUT2D eigenvalue weighted by Crippen LogP contribution is 2.46. The molecular formula is C23H23N3O4. The number of aryl methyl sites for hydroxylation is 1. The molecule has 1 N–H and O–H groups in total. The van der Waals surface area contributed by atoms with Crippen LogP contribution >= 0.6 is 0 Å². The molecule has 2 aliphatic rings. The molecule has 0 fully saturated rings. The Morgan fingerprint density at radius 1 is 1.20 bits per heavy atom. The fourth-order valence-electron chi connectivity index (χ4n) is 4.25. The second kappa shape index (κ2) is 7.67. The van der Waals surface area contributed by atoms with Crippen LogP contribution in [0.3, 0.4) is 0 Å². The number of fused-ring (bicyclic) bond motifs is 2. The standard InChI is InChI=1S/C23H23N3O4/c1-14(12-15(2)27)25-23(16-4-7-18(8-5-16)26(28)29)21-10-6-17-13-19(30-3)9-11-20(17)22(21)24-25/h4-5,7-9,11-13,23-24H,6,10H2,1-3H3/b14-12+/t23-/m1/s1. The number of carbonyl (C=O) groups excluding carboxylic acids is 1. The molecule has 1 aliphatic carbocycles. The van der Waals surface area contributed by atoms with E-state index < -0.39 is 4.92 Å². The SMILES string of the molecule is COc1ccc2c(c1)CCC1=C2NN(/C(C)=C/C(C)=O)[C@@H]1c1ccc([N+](=O)[O-])cc1. The monoisotopic (exact) mass is 405 g/mol. The normalized spacial score (nSPS) is 17.9. The molecule has 1 heterocycles. The largest absolute Gasteiger partial charge is 0.497 e. The zero-order chi connectivity index (χ0) is 21.4. The van der Waals surface area contributed by atoms with Crippen LogP contribution in [0.15, 0.2) is 59.8 Å². The first-order chi connectivity index (χ1) is 14.4. The minimum Gasteiger partial charge on any atom is -0.497 e. The van der Waals surface area contributed by atoms with Gasteiger partial charge in [0.1, 0.15) is 5.75 Å². The van der Waals surface area contributed by atoms with Gasteiger partial charge in [0.25, 0.3) is 5.69 Å². The van der Waals surface area contributed by atoms with Crippen LogP contribution in [0.25, 0.3) is 5.70 Å². The molecule has 0 unspecified atom stereocenters. The number of nitrogens with one attached hydrogen (secondary N) is 1. The van der Waals surface area contributed by atoms with Gasteiger partial charge >= 0.3 is 0 Å². The van der Waals surface area contributed by atoms with E-state index in [9.17, 15) is 14.9 Å². The molecule has 0 radical (unpaired) electrons. The lowest BCUT2D eigenvalue weighted by Crippen LogP contribution is -2.33. The molecule has 0 saturated heterocycles. The van der Waals surface area contributed by atoms with Gasteiger partial charge in [-0.15, -0.1) is 0 Å². The predicted molar refractivity (Wildman–Crippen MR) is 113 cm³/mol. The molecule has 1 atom stereocenters. The van der Waals surface area contributed by atoms with E-state index in [1.165, 1.54) is 30.2 Å². The molecule has 7 heteroatoms. The van der Waals surface area contributed by atoms with Gasteiger partial charge in [0.2, 0.25) is 0 Å². The number of hydrazine groups is 1. The van der Waals surface area contributed by atoms with Gasteiger partial charge in [0.05, 0.1) is 23.8 Å². The number of ether oxygens (including phenoxy) is 1. The summed E-state index contributed by atoms with van der Waals surface area (Å²) in [6, 6.07) is 12.5. The van der Waals surface area contributed by atoms with Crippen LogP contribution in [0.2, 0.25) is 0 Å². The topological polar surface area (TPSA) is 84.7 Å². The Morgan fingerprint density at radius 2 is 1.93 bits per heavy atom. The number of nitro benzene ring substituents is 1. The van der Waals surface area contributed by atoms with Crippen molar-refractivity contribution in [3.8, 4) is 5.75 Å². The first kappa shape index (κ1) is 19.7. The summed E-state index contributed by atoms with van der Waals surface area (Å²) in [5, 5.41) is 13.0. The second-order valence-electron chi connectivity index (χ2n) is 7.55. The van der Waals surface area contributed by atoms with Crippen LogP contribution in [-0.4, -0.2) is 22.8 Å². The molecule has 0 bridgehead atoms. The van der Waals surface area contributed by atoms with Crippen LogP contribution in [0, 0.1) is 10.1 Å². The first-order valence-corrected chi connectivity index (χ1v) is 9.78. The highest BCUT2D eigenvalue weighted by atomic mass is 16.6. The number of non-ortho nitro benzene ring substituents is 1. The Hall–Kier alpha value is -3.61. The Morgan fingerprint density at radius 3 is 2.57 bits per heavy atom. The van der Waals surface area contributed by atoms with Gasteiger partial charge in [-0.1, -0.05) is 0 Å². The maximum atomic E-state index is 11.7. The fraction of sp³-hybridized carbons (Fsp3) is 0.261. The van der Waals surface area contributed by atoms with Gasteiger partial charge in [-0.05, 0) is 73.7 Å². The summed E-state index contributed by atoms with van der Waals surface area (Å²) in [4.78, 5) is 22.4. The average molecular weight is 405 g/mol. The van der Waals surface area contributed by atoms with Crippen molar-refractivity contribution >= 4 is 17.2 Å². The number of allylic oxidation sites excluding steroid dienone is 2. The third-order valence-corrected chi connectivity index (χ3v) is 5.60. The van der Waals surface area contributed by atoms with E-state index in [2.05, 4.69) is 17.6 Å². The minimum atomic E-state index is -0.399. The molecule has 0 saturated carbocycles. The van der Waals surface area contributed by atoms with Gasteiger partial charge in [0, 0.05) is 29.5 Å². The molecule has 0 spiro atoms. The van der Waals surface area contributed by atoms with Crippen molar-refractivity contribution in [2.24, 2.45) is 0 Å². The second-order valence-corrected chi connectivity index (χ2v) is 7.55. The number of ketones is 1. The summed E-state index contributed by atoms with van der Waals surface area (Å²) < 4.78 is 5.37. The number of nitro groups is 1. The Labute approximate surface area is 174 Å². The van der Waals surface area contributed by atoms with E-state index in [-0.39, 0.29) is 17.5 Å². The molecule has 0 aromatic heterocycles. The number of nitrogens with zero attached hydrogens (tertiary/aromatic N) is 2. The van der Waals surface area contributed by atoms with E-state index >= 15 is 0 Å². The van der Waals surface area contributed by atoms with Crippen molar-refractivity contribution in [2.75, 3.05) is 7.11 Å². The quantitative estimate of drug-likeness (QED) is 0.453. The highest BCUT2D eigenvalue weighted by Gasteiger charge is 2.37. The Bertz CT molecular complexity index is 1090. The van der Waals surface area contributed by atoms with Crippen molar-refractivity contribution in [1.82, 2.24) is 10.4 Å². The maximum Gasteiger partial charge on any atom is 0.269 e. The number of benzene rings is 2. The number of carbonyl (C=O) groups is 1. The Kier molecular flexibility index (Phi) is 5.03. The summed E-state index contributed by atoms with van der Waals surface area (Å²) in [6.07, 6.45) is 3.31. The van der Waals surface area contributed by atoms with Crippen LogP contribution in [0.4, 0.5) is 5.69 Å². The van der Waals surface area contributed by atoms with E-state index in [1.807, 2.05) is 18.0 Å². The van der Waals surface area contributed by atoms with Crippen molar-refractivity contribution in [1.29, 1.82) is 0 Å². The number of rotatable bonds is 5. The molecule has 2 aromatic carbocycles. The van der Waals surface area contributed by atoms with Crippen molar-refractivity contribution in [2.45, 2.75) is 32.7 Å². The van der Waals surface area contributed by atoms with Crippen LogP contribution < -0.4 is 10.2 Å². The smallest absolute Gasteiger partial charge is 0.269 e. The molecule has 30 heavy (non-hydrogen) atoms. The molecule has 154 valence electrons. The summed E-state index contributed by atoms with van der Waals surface area (Å²) in [7, 11) is 1.66. The van der Waals surface area contributed by atoms with Gasteiger partial charge in [-0.3, -0.25) is 25.3 Å². The average Bonchev–Trinajstić information content (AvgIpc) is 3.13. The molecular weight excluding hydrogens is 382 g/mol. The summed E-state index contributed by atoms with van der Waals surface area (Å²) in [5.74, 6) is 0.791. The predicted octanol–water partition coefficient (Wildman–Crippen LogP) is 4.32. The van der Waals surface area contributed by atoms with Crippen LogP contribution in [-0.2, 0) is 11.2 Å². The molecule has 1 aliphatic heterocycles. The molecule has 4 rings (SSSR count). The number of methoxy groups -OCH3 is 1. The van der Waals surface area contributed by atoms with E-state index in [0.29, 0.717) is 0 Å². The first-order valence-electron chi connectivity index (χ1n) is 9.78. The van der Waals surface area contributed by atoms with Crippen molar-refractivity contribution in [3.63, 3.8) is 0 Å². The molecule has 7 nitrogen and oxygen atoms in total. The lowest BCUT2D eigenvalue weighted by Gasteiger charge is -2.29. The number of hydrogen-bond donors (Lipinski definition) is 1.